The van der Waals surface area contributed by atoms with Crippen LogP contribution in [0.25, 0.3) is 0 Å². The number of hydrogen-bond acceptors (Lipinski definition) is 4. The second-order valence-electron chi connectivity index (χ2n) is 5.52. The van der Waals surface area contributed by atoms with Gasteiger partial charge >= 0.3 is 5.97 Å². The fourth-order valence-corrected chi connectivity index (χ4v) is 2.92. The Morgan fingerprint density at radius 3 is 2.56 bits per heavy atom. The first-order valence-corrected chi connectivity index (χ1v) is 8.93. The zero-order chi connectivity index (χ0) is 18.2. The molecule has 0 fully saturated rings. The van der Waals surface area contributed by atoms with Crippen LogP contribution in [0.5, 0.6) is 0 Å². The highest BCUT2D eigenvalue weighted by Crippen LogP contribution is 2.17. The summed E-state index contributed by atoms with van der Waals surface area (Å²) in [6.45, 7) is 1.95. The highest BCUT2D eigenvalue weighted by molar-refractivity contribution is 7.08. The van der Waals surface area contributed by atoms with E-state index in [1.807, 2.05) is 6.92 Å². The number of nitrogens with one attached hydrogen (secondary N) is 2. The van der Waals surface area contributed by atoms with E-state index in [-0.39, 0.29) is 11.5 Å². The molecule has 6 nitrogen and oxygen atoms in total. The molecular formula is C18H20N2O4S. The Labute approximate surface area is 149 Å². The molecule has 0 saturated carbocycles. The van der Waals surface area contributed by atoms with Gasteiger partial charge in [0, 0.05) is 5.38 Å². The van der Waals surface area contributed by atoms with Crippen molar-refractivity contribution in [1.29, 1.82) is 0 Å². The summed E-state index contributed by atoms with van der Waals surface area (Å²) < 4.78 is 0. The summed E-state index contributed by atoms with van der Waals surface area (Å²) in [4.78, 5) is 36.0. The van der Waals surface area contributed by atoms with E-state index in [0.29, 0.717) is 24.1 Å². The normalized spacial score (nSPS) is 11.6. The third kappa shape index (κ3) is 5.15. The van der Waals surface area contributed by atoms with Gasteiger partial charge in [-0.05, 0) is 30.0 Å². The molecule has 2 amide bonds. The van der Waals surface area contributed by atoms with Gasteiger partial charge in [-0.15, -0.1) is 0 Å². The van der Waals surface area contributed by atoms with E-state index in [2.05, 4.69) is 10.6 Å². The molecule has 0 radical (unpaired) electrons. The number of unbranched alkanes of at least 4 members (excludes halogenated alkanes) is 1. The molecular weight excluding hydrogens is 340 g/mol. The largest absolute Gasteiger partial charge is 0.480 e. The number of carbonyl (C=O) groups is 3. The number of thiophene rings is 1. The first kappa shape index (κ1) is 18.7. The van der Waals surface area contributed by atoms with Crippen molar-refractivity contribution >= 4 is 34.8 Å². The smallest absolute Gasteiger partial charge is 0.326 e. The minimum absolute atomic E-state index is 0.230. The summed E-state index contributed by atoms with van der Waals surface area (Å²) in [5.74, 6) is -1.91. The number of carboxylic acids is 1. The van der Waals surface area contributed by atoms with E-state index in [0.717, 1.165) is 6.42 Å². The van der Waals surface area contributed by atoms with Crippen LogP contribution in [0.4, 0.5) is 5.69 Å². The van der Waals surface area contributed by atoms with Gasteiger partial charge in [0.15, 0.2) is 0 Å². The highest BCUT2D eigenvalue weighted by atomic mass is 32.1. The Balaban J connectivity index is 2.14. The average molecular weight is 360 g/mol. The van der Waals surface area contributed by atoms with Gasteiger partial charge in [0.2, 0.25) is 0 Å². The van der Waals surface area contributed by atoms with E-state index in [4.69, 9.17) is 0 Å². The number of anilines is 1. The number of amides is 2. The van der Waals surface area contributed by atoms with E-state index < -0.39 is 17.9 Å². The van der Waals surface area contributed by atoms with E-state index in [1.54, 1.807) is 41.1 Å². The molecule has 0 bridgehead atoms. The maximum Gasteiger partial charge on any atom is 0.326 e. The van der Waals surface area contributed by atoms with Crippen molar-refractivity contribution in [3.05, 3.63) is 52.2 Å². The lowest BCUT2D eigenvalue weighted by atomic mass is 10.1. The molecule has 0 saturated heterocycles. The minimum Gasteiger partial charge on any atom is -0.480 e. The maximum absolute atomic E-state index is 12.5. The summed E-state index contributed by atoms with van der Waals surface area (Å²) in [6.07, 6.45) is 1.90. The van der Waals surface area contributed by atoms with Crippen LogP contribution in [0.1, 0.15) is 46.9 Å². The van der Waals surface area contributed by atoms with Gasteiger partial charge in [0.05, 0.1) is 16.8 Å². The van der Waals surface area contributed by atoms with Gasteiger partial charge < -0.3 is 15.7 Å². The van der Waals surface area contributed by atoms with Crippen molar-refractivity contribution in [1.82, 2.24) is 5.32 Å². The standard InChI is InChI=1S/C18H20N2O4S/c1-2-3-7-15(18(23)24)20-17(22)13-6-4-5-8-14(13)19-16(21)12-9-10-25-11-12/h4-6,8-11,15H,2-3,7H2,1H3,(H,19,21)(H,20,22)(H,23,24). The minimum atomic E-state index is -1.07. The number of aliphatic carboxylic acids is 1. The van der Waals surface area contributed by atoms with Crippen molar-refractivity contribution < 1.29 is 19.5 Å². The van der Waals surface area contributed by atoms with Crippen LogP contribution < -0.4 is 10.6 Å². The molecule has 7 heteroatoms. The Bertz CT molecular complexity index is 743. The van der Waals surface area contributed by atoms with Gasteiger partial charge in [0.1, 0.15) is 6.04 Å². The first-order chi connectivity index (χ1) is 12.0. The fourth-order valence-electron chi connectivity index (χ4n) is 2.28. The van der Waals surface area contributed by atoms with Gasteiger partial charge in [0.25, 0.3) is 11.8 Å². The summed E-state index contributed by atoms with van der Waals surface area (Å²) in [5, 5.41) is 18.0. The zero-order valence-corrected chi connectivity index (χ0v) is 14.6. The van der Waals surface area contributed by atoms with Crippen LogP contribution in [0, 0.1) is 0 Å². The lowest BCUT2D eigenvalue weighted by Crippen LogP contribution is -2.41. The fraction of sp³-hybridized carbons (Fsp3) is 0.278. The van der Waals surface area contributed by atoms with Crippen molar-refractivity contribution in [2.24, 2.45) is 0 Å². The molecule has 3 N–H and O–H groups in total. The van der Waals surface area contributed by atoms with Crippen molar-refractivity contribution in [3.8, 4) is 0 Å². The van der Waals surface area contributed by atoms with Gasteiger partial charge in [-0.3, -0.25) is 9.59 Å². The van der Waals surface area contributed by atoms with Crippen LogP contribution in [0.3, 0.4) is 0 Å². The lowest BCUT2D eigenvalue weighted by Gasteiger charge is -2.16. The van der Waals surface area contributed by atoms with Gasteiger partial charge in [-0.1, -0.05) is 31.9 Å². The molecule has 1 unspecified atom stereocenters. The molecule has 2 aromatic rings. The van der Waals surface area contributed by atoms with Crippen LogP contribution in [-0.4, -0.2) is 28.9 Å². The molecule has 0 aliphatic rings. The second kappa shape index (κ2) is 8.98. The predicted molar refractivity (Wildman–Crippen MR) is 97.1 cm³/mol. The number of hydrogen-bond donors (Lipinski definition) is 3. The summed E-state index contributed by atoms with van der Waals surface area (Å²) in [6, 6.07) is 7.27. The SMILES string of the molecule is CCCCC(NC(=O)c1ccccc1NC(=O)c1ccsc1)C(=O)O. The molecule has 2 rings (SSSR count). The van der Waals surface area contributed by atoms with Crippen LogP contribution in [0.15, 0.2) is 41.1 Å². The summed E-state index contributed by atoms with van der Waals surface area (Å²) in [5.41, 5.74) is 1.08. The van der Waals surface area contributed by atoms with Crippen LogP contribution >= 0.6 is 11.3 Å². The average Bonchev–Trinajstić information content (AvgIpc) is 3.13. The topological polar surface area (TPSA) is 95.5 Å². The first-order valence-electron chi connectivity index (χ1n) is 7.99. The van der Waals surface area contributed by atoms with Crippen LogP contribution in [-0.2, 0) is 4.79 Å². The van der Waals surface area contributed by atoms with Gasteiger partial charge in [-0.25, -0.2) is 4.79 Å². The number of carbonyl (C=O) groups excluding carboxylic acids is 2. The highest BCUT2D eigenvalue weighted by Gasteiger charge is 2.22. The van der Waals surface area contributed by atoms with E-state index in [1.165, 1.54) is 11.3 Å². The molecule has 1 heterocycles. The Kier molecular flexibility index (Phi) is 6.71. The van der Waals surface area contributed by atoms with Crippen molar-refractivity contribution in [2.45, 2.75) is 32.2 Å². The quantitative estimate of drug-likeness (QED) is 0.672. The number of rotatable bonds is 8. The Morgan fingerprint density at radius 2 is 1.92 bits per heavy atom. The number of carboxylic acid groups (broad SMARTS) is 1. The molecule has 1 aromatic carbocycles. The molecule has 25 heavy (non-hydrogen) atoms. The number of benzene rings is 1. The molecule has 1 aromatic heterocycles. The maximum atomic E-state index is 12.5. The summed E-state index contributed by atoms with van der Waals surface area (Å²) in [7, 11) is 0. The van der Waals surface area contributed by atoms with Gasteiger partial charge in [-0.2, -0.15) is 11.3 Å². The third-order valence-electron chi connectivity index (χ3n) is 3.65. The lowest BCUT2D eigenvalue weighted by molar-refractivity contribution is -0.139. The number of para-hydroxylation sites is 1. The molecule has 0 spiro atoms. The molecule has 132 valence electrons. The monoisotopic (exact) mass is 360 g/mol. The van der Waals surface area contributed by atoms with Crippen molar-refractivity contribution in [3.63, 3.8) is 0 Å². The second-order valence-corrected chi connectivity index (χ2v) is 6.30. The Hall–Kier alpha value is -2.67. The van der Waals surface area contributed by atoms with E-state index in [9.17, 15) is 19.5 Å². The molecule has 0 aliphatic heterocycles. The third-order valence-corrected chi connectivity index (χ3v) is 4.34. The summed E-state index contributed by atoms with van der Waals surface area (Å²) >= 11 is 1.40. The molecule has 1 atom stereocenters. The molecule has 0 aliphatic carbocycles. The Morgan fingerprint density at radius 1 is 1.16 bits per heavy atom. The van der Waals surface area contributed by atoms with Crippen molar-refractivity contribution in [2.75, 3.05) is 5.32 Å². The van der Waals surface area contributed by atoms with Crippen LogP contribution in [0.2, 0.25) is 0 Å². The predicted octanol–water partition coefficient (Wildman–Crippen LogP) is 3.37. The zero-order valence-electron chi connectivity index (χ0n) is 13.8. The van der Waals surface area contributed by atoms with E-state index >= 15 is 0 Å².